The molecule has 0 spiro atoms. The highest BCUT2D eigenvalue weighted by Crippen LogP contribution is 2.37. The van der Waals surface area contributed by atoms with Gasteiger partial charge in [-0.3, -0.25) is 9.78 Å². The van der Waals surface area contributed by atoms with Gasteiger partial charge in [-0.15, -0.1) is 0 Å². The average molecular weight is 521 g/mol. The van der Waals surface area contributed by atoms with Gasteiger partial charge in [0.15, 0.2) is 0 Å². The number of hydrogen-bond acceptors (Lipinski definition) is 6. The van der Waals surface area contributed by atoms with Crippen LogP contribution in [0.25, 0.3) is 10.9 Å². The van der Waals surface area contributed by atoms with Gasteiger partial charge < -0.3 is 9.80 Å². The number of nitrogens with zero attached hydrogens (tertiary/aromatic N) is 4. The molecule has 0 N–H and O–H groups in total. The summed E-state index contributed by atoms with van der Waals surface area (Å²) in [6.07, 6.45) is 1.62. The standard InChI is InChI=1S/C24H23F3N4O4S/c1-23(2)21(32)31(16-8-10-17(11-9-16)36(34,35)24(25,26)27)22(33)30(23)14-15-12-13-28-18-6-5-7-19(20(15)18)29(3)4/h5-13H,14H2,1-4H3. The van der Waals surface area contributed by atoms with E-state index in [1.807, 2.05) is 37.2 Å². The first-order valence-corrected chi connectivity index (χ1v) is 12.3. The predicted molar refractivity (Wildman–Crippen MR) is 128 cm³/mol. The summed E-state index contributed by atoms with van der Waals surface area (Å²) >= 11 is 0. The van der Waals surface area contributed by atoms with Gasteiger partial charge in [0.25, 0.3) is 15.7 Å². The molecule has 4 rings (SSSR count). The lowest BCUT2D eigenvalue weighted by Gasteiger charge is -2.28. The molecule has 3 amide bonds. The number of anilines is 2. The lowest BCUT2D eigenvalue weighted by atomic mass is 10.0. The lowest BCUT2D eigenvalue weighted by Crippen LogP contribution is -2.43. The summed E-state index contributed by atoms with van der Waals surface area (Å²) in [7, 11) is -1.80. The van der Waals surface area contributed by atoms with E-state index in [2.05, 4.69) is 4.98 Å². The van der Waals surface area contributed by atoms with Crippen LogP contribution in [0.1, 0.15) is 19.4 Å². The first kappa shape index (κ1) is 25.4. The van der Waals surface area contributed by atoms with Crippen molar-refractivity contribution in [3.05, 3.63) is 60.3 Å². The van der Waals surface area contributed by atoms with Crippen molar-refractivity contribution in [2.24, 2.45) is 0 Å². The summed E-state index contributed by atoms with van der Waals surface area (Å²) in [4.78, 5) is 34.3. The van der Waals surface area contributed by atoms with Gasteiger partial charge in [-0.25, -0.2) is 18.1 Å². The Labute approximate surface area is 205 Å². The van der Waals surface area contributed by atoms with E-state index in [4.69, 9.17) is 0 Å². The van der Waals surface area contributed by atoms with Crippen LogP contribution in [0.3, 0.4) is 0 Å². The Hall–Kier alpha value is -3.67. The minimum absolute atomic E-state index is 0.0322. The predicted octanol–water partition coefficient (Wildman–Crippen LogP) is 4.34. The normalized spacial score (nSPS) is 16.2. The Morgan fingerprint density at radius 2 is 1.64 bits per heavy atom. The summed E-state index contributed by atoms with van der Waals surface area (Å²) in [6.45, 7) is 3.22. The van der Waals surface area contributed by atoms with E-state index in [1.54, 1.807) is 26.1 Å². The highest BCUT2D eigenvalue weighted by Gasteiger charge is 2.52. The van der Waals surface area contributed by atoms with Crippen LogP contribution in [0.15, 0.2) is 59.6 Å². The van der Waals surface area contributed by atoms with Crippen LogP contribution in [0.2, 0.25) is 0 Å². The molecule has 1 saturated heterocycles. The third-order valence-electron chi connectivity index (χ3n) is 6.17. The van der Waals surface area contributed by atoms with Crippen LogP contribution >= 0.6 is 0 Å². The molecule has 1 fully saturated rings. The van der Waals surface area contributed by atoms with Crippen LogP contribution < -0.4 is 9.80 Å². The SMILES string of the molecule is CN(C)c1cccc2nccc(CN3C(=O)N(c4ccc(S(=O)(=O)C(F)(F)F)cc4)C(=O)C3(C)C)c12. The van der Waals surface area contributed by atoms with E-state index in [0.717, 1.165) is 45.8 Å². The second-order valence-electron chi connectivity index (χ2n) is 9.05. The van der Waals surface area contributed by atoms with Gasteiger partial charge in [-0.1, -0.05) is 6.07 Å². The fourth-order valence-corrected chi connectivity index (χ4v) is 4.93. The van der Waals surface area contributed by atoms with Crippen molar-refractivity contribution in [3.63, 3.8) is 0 Å². The molecule has 190 valence electrons. The van der Waals surface area contributed by atoms with Crippen LogP contribution in [0.4, 0.5) is 29.3 Å². The van der Waals surface area contributed by atoms with Crippen molar-refractivity contribution in [1.82, 2.24) is 9.88 Å². The number of amides is 3. The smallest absolute Gasteiger partial charge is 0.377 e. The Morgan fingerprint density at radius 3 is 2.22 bits per heavy atom. The third kappa shape index (κ3) is 3.94. The first-order chi connectivity index (χ1) is 16.7. The Bertz CT molecular complexity index is 1460. The van der Waals surface area contributed by atoms with Gasteiger partial charge >= 0.3 is 11.5 Å². The van der Waals surface area contributed by atoms with Crippen molar-refractivity contribution in [1.29, 1.82) is 0 Å². The Kier molecular flexibility index (Phi) is 5.98. The van der Waals surface area contributed by atoms with Gasteiger partial charge in [-0.2, -0.15) is 13.2 Å². The second kappa shape index (κ2) is 8.47. The number of benzene rings is 2. The van der Waals surface area contributed by atoms with E-state index in [-0.39, 0.29) is 12.2 Å². The molecule has 12 heteroatoms. The maximum absolute atomic E-state index is 13.4. The van der Waals surface area contributed by atoms with Crippen molar-refractivity contribution >= 4 is 44.1 Å². The molecule has 1 aromatic heterocycles. The first-order valence-electron chi connectivity index (χ1n) is 10.8. The zero-order valence-corrected chi connectivity index (χ0v) is 20.7. The number of halogens is 3. The van der Waals surface area contributed by atoms with E-state index >= 15 is 0 Å². The number of fused-ring (bicyclic) bond motifs is 1. The molecule has 0 aliphatic carbocycles. The Balaban J connectivity index is 1.72. The quantitative estimate of drug-likeness (QED) is 0.465. The van der Waals surface area contributed by atoms with Crippen LogP contribution in [0.5, 0.6) is 0 Å². The maximum Gasteiger partial charge on any atom is 0.501 e. The molecular formula is C24H23F3N4O4S. The van der Waals surface area contributed by atoms with E-state index in [9.17, 15) is 31.2 Å². The number of hydrogen-bond donors (Lipinski definition) is 0. The number of alkyl halides is 3. The van der Waals surface area contributed by atoms with Crippen molar-refractivity contribution in [2.45, 2.75) is 36.3 Å². The molecule has 0 radical (unpaired) electrons. The summed E-state index contributed by atoms with van der Waals surface area (Å²) in [5, 5.41) is 0.821. The second-order valence-corrected chi connectivity index (χ2v) is 11.0. The molecule has 2 aromatic carbocycles. The molecule has 36 heavy (non-hydrogen) atoms. The largest absolute Gasteiger partial charge is 0.501 e. The number of rotatable bonds is 5. The van der Waals surface area contributed by atoms with Gasteiger partial charge in [0.05, 0.1) is 16.1 Å². The summed E-state index contributed by atoms with van der Waals surface area (Å²) in [5.74, 6) is -0.592. The zero-order valence-electron chi connectivity index (χ0n) is 19.9. The van der Waals surface area contributed by atoms with Gasteiger partial charge in [0, 0.05) is 37.9 Å². The number of imide groups is 1. The molecule has 3 aromatic rings. The highest BCUT2D eigenvalue weighted by molar-refractivity contribution is 7.92. The lowest BCUT2D eigenvalue weighted by molar-refractivity contribution is -0.123. The molecule has 0 unspecified atom stereocenters. The highest BCUT2D eigenvalue weighted by atomic mass is 32.2. The van der Waals surface area contributed by atoms with Crippen LogP contribution in [0, 0.1) is 0 Å². The molecule has 0 atom stereocenters. The van der Waals surface area contributed by atoms with Crippen LogP contribution in [-0.2, 0) is 21.2 Å². The number of urea groups is 1. The van der Waals surface area contributed by atoms with Gasteiger partial charge in [0.1, 0.15) is 5.54 Å². The summed E-state index contributed by atoms with van der Waals surface area (Å²) in [5.41, 5.74) is -4.43. The number of carbonyl (C=O) groups is 2. The topological polar surface area (TPSA) is 90.9 Å². The number of carbonyl (C=O) groups excluding carboxylic acids is 2. The molecular weight excluding hydrogens is 497 g/mol. The number of aromatic nitrogens is 1. The van der Waals surface area contributed by atoms with Gasteiger partial charge in [-0.05, 0) is 61.9 Å². The van der Waals surface area contributed by atoms with E-state index in [0.29, 0.717) is 5.52 Å². The zero-order chi connectivity index (χ0) is 26.6. The Morgan fingerprint density at radius 1 is 1.00 bits per heavy atom. The van der Waals surface area contributed by atoms with Gasteiger partial charge in [0.2, 0.25) is 0 Å². The number of sulfone groups is 1. The molecule has 0 bridgehead atoms. The molecule has 2 heterocycles. The summed E-state index contributed by atoms with van der Waals surface area (Å²) in [6, 6.07) is 10.2. The van der Waals surface area contributed by atoms with Crippen LogP contribution in [-0.4, -0.2) is 55.4 Å². The fraction of sp³-hybridized carbons (Fsp3) is 0.292. The summed E-state index contributed by atoms with van der Waals surface area (Å²) < 4.78 is 62.0. The van der Waals surface area contributed by atoms with E-state index in [1.165, 1.54) is 4.90 Å². The molecule has 0 saturated carbocycles. The van der Waals surface area contributed by atoms with E-state index < -0.39 is 37.7 Å². The monoisotopic (exact) mass is 520 g/mol. The van der Waals surface area contributed by atoms with Crippen molar-refractivity contribution in [3.8, 4) is 0 Å². The fourth-order valence-electron chi connectivity index (χ4n) is 4.17. The molecule has 8 nitrogen and oxygen atoms in total. The minimum atomic E-state index is -5.56. The average Bonchev–Trinajstić information content (AvgIpc) is 2.97. The van der Waals surface area contributed by atoms with Crippen molar-refractivity contribution < 1.29 is 31.2 Å². The maximum atomic E-state index is 13.4. The molecule has 1 aliphatic rings. The number of pyridine rings is 1. The molecule has 1 aliphatic heterocycles. The van der Waals surface area contributed by atoms with Crippen molar-refractivity contribution in [2.75, 3.05) is 23.9 Å². The minimum Gasteiger partial charge on any atom is -0.377 e. The third-order valence-corrected chi connectivity index (χ3v) is 7.68.